The summed E-state index contributed by atoms with van der Waals surface area (Å²) in [5.41, 5.74) is 0.982. The third kappa shape index (κ3) is 7.53. The topological polar surface area (TPSA) is 82.7 Å². The smallest absolute Gasteiger partial charge is 0.405 e. The summed E-state index contributed by atoms with van der Waals surface area (Å²) in [4.78, 5) is 25.3. The zero-order chi connectivity index (χ0) is 19.9. The predicted molar refractivity (Wildman–Crippen MR) is 99.6 cm³/mol. The Labute approximate surface area is 167 Å². The van der Waals surface area contributed by atoms with Crippen LogP contribution in [0.2, 0.25) is 0 Å². The molecule has 1 aliphatic rings. The number of carbonyl (C=O) groups is 2. The molecule has 1 unspecified atom stereocenters. The first-order valence-corrected chi connectivity index (χ1v) is 8.52. The van der Waals surface area contributed by atoms with Crippen LogP contribution in [0.3, 0.4) is 0 Å². The van der Waals surface area contributed by atoms with E-state index in [0.29, 0.717) is 19.6 Å². The van der Waals surface area contributed by atoms with Crippen molar-refractivity contribution < 1.29 is 27.5 Å². The van der Waals surface area contributed by atoms with Crippen molar-refractivity contribution in [3.63, 3.8) is 0 Å². The minimum atomic E-state index is -4.52. The Balaban J connectivity index is 0.00000392. The standard InChI is InChI=1S/C17H23F3N4O3.ClH/c1-27-14-5-3-2-4-12(14)13-10-21-7-9-24(13)8-6-15(25)23-16(26)22-11-17(18,19)20;/h2-5,13,21H,6-11H2,1H3,(H2,22,23,25,26);1H. The number of carbonyl (C=O) groups excluding carboxylic acids is 2. The molecule has 1 saturated heterocycles. The molecule has 1 heterocycles. The molecule has 3 N–H and O–H groups in total. The van der Waals surface area contributed by atoms with Gasteiger partial charge in [0.05, 0.1) is 13.2 Å². The largest absolute Gasteiger partial charge is 0.496 e. The number of nitrogens with one attached hydrogen (secondary N) is 3. The monoisotopic (exact) mass is 424 g/mol. The summed E-state index contributed by atoms with van der Waals surface area (Å²) in [5.74, 6) is 0.110. The molecule has 1 aromatic carbocycles. The molecular weight excluding hydrogens is 401 g/mol. The molecule has 0 saturated carbocycles. The number of rotatable bonds is 6. The van der Waals surface area contributed by atoms with Crippen LogP contribution in [-0.4, -0.2) is 62.8 Å². The van der Waals surface area contributed by atoms with Crippen LogP contribution in [0.25, 0.3) is 0 Å². The van der Waals surface area contributed by atoms with Gasteiger partial charge in [0.25, 0.3) is 0 Å². The number of piperazine rings is 1. The number of halogens is 4. The van der Waals surface area contributed by atoms with Crippen molar-refractivity contribution in [2.45, 2.75) is 18.6 Å². The molecular formula is C17H24ClF3N4O3. The van der Waals surface area contributed by atoms with Crippen LogP contribution in [0.15, 0.2) is 24.3 Å². The maximum Gasteiger partial charge on any atom is 0.405 e. The Morgan fingerprint density at radius 3 is 2.71 bits per heavy atom. The first-order chi connectivity index (χ1) is 12.8. The van der Waals surface area contributed by atoms with Gasteiger partial charge in [0.15, 0.2) is 0 Å². The van der Waals surface area contributed by atoms with Crippen LogP contribution >= 0.6 is 12.4 Å². The summed E-state index contributed by atoms with van der Waals surface area (Å²) in [6.45, 7) is 0.992. The van der Waals surface area contributed by atoms with Crippen molar-refractivity contribution in [2.24, 2.45) is 0 Å². The zero-order valence-electron chi connectivity index (χ0n) is 15.3. The fraction of sp³-hybridized carbons (Fsp3) is 0.529. The Hall–Kier alpha value is -2.04. The van der Waals surface area contributed by atoms with Crippen LogP contribution in [0.4, 0.5) is 18.0 Å². The van der Waals surface area contributed by atoms with Crippen molar-refractivity contribution in [3.8, 4) is 5.75 Å². The van der Waals surface area contributed by atoms with Crippen molar-refractivity contribution in [1.29, 1.82) is 0 Å². The maximum atomic E-state index is 12.1. The lowest BCUT2D eigenvalue weighted by molar-refractivity contribution is -0.124. The minimum absolute atomic E-state index is 0. The summed E-state index contributed by atoms with van der Waals surface area (Å²) in [5, 5.41) is 6.82. The number of urea groups is 1. The third-order valence-electron chi connectivity index (χ3n) is 4.18. The predicted octanol–water partition coefficient (Wildman–Crippen LogP) is 1.84. The van der Waals surface area contributed by atoms with E-state index < -0.39 is 24.7 Å². The van der Waals surface area contributed by atoms with Gasteiger partial charge < -0.3 is 15.4 Å². The number of ether oxygens (including phenoxy) is 1. The zero-order valence-corrected chi connectivity index (χ0v) is 16.2. The Bertz CT molecular complexity index is 661. The second-order valence-electron chi connectivity index (χ2n) is 6.09. The number of hydrogen-bond acceptors (Lipinski definition) is 5. The van der Waals surface area contributed by atoms with Gasteiger partial charge in [-0.3, -0.25) is 15.0 Å². The van der Waals surface area contributed by atoms with Crippen molar-refractivity contribution in [3.05, 3.63) is 29.8 Å². The number of imide groups is 1. The van der Waals surface area contributed by atoms with Gasteiger partial charge in [-0.1, -0.05) is 18.2 Å². The van der Waals surface area contributed by atoms with Crippen molar-refractivity contribution in [1.82, 2.24) is 20.9 Å². The lowest BCUT2D eigenvalue weighted by Crippen LogP contribution is -2.48. The molecule has 0 aliphatic carbocycles. The molecule has 28 heavy (non-hydrogen) atoms. The molecule has 1 aliphatic heterocycles. The van der Waals surface area contributed by atoms with E-state index in [-0.39, 0.29) is 24.9 Å². The SMILES string of the molecule is COc1ccccc1C1CNCCN1CCC(=O)NC(=O)NCC(F)(F)F.Cl. The lowest BCUT2D eigenvalue weighted by Gasteiger charge is -2.36. The average Bonchev–Trinajstić information content (AvgIpc) is 2.64. The molecule has 1 atom stereocenters. The molecule has 1 fully saturated rings. The van der Waals surface area contributed by atoms with E-state index in [1.54, 1.807) is 12.4 Å². The van der Waals surface area contributed by atoms with Gasteiger partial charge >= 0.3 is 12.2 Å². The molecule has 0 aromatic heterocycles. The maximum absolute atomic E-state index is 12.1. The lowest BCUT2D eigenvalue weighted by atomic mass is 10.0. The fourth-order valence-electron chi connectivity index (χ4n) is 2.92. The number of benzene rings is 1. The van der Waals surface area contributed by atoms with Gasteiger partial charge in [0.2, 0.25) is 5.91 Å². The van der Waals surface area contributed by atoms with E-state index in [1.165, 1.54) is 0 Å². The highest BCUT2D eigenvalue weighted by Crippen LogP contribution is 2.30. The molecule has 7 nitrogen and oxygen atoms in total. The van der Waals surface area contributed by atoms with Crippen LogP contribution in [0.5, 0.6) is 5.75 Å². The summed E-state index contributed by atoms with van der Waals surface area (Å²) >= 11 is 0. The molecule has 1 aromatic rings. The van der Waals surface area contributed by atoms with E-state index in [0.717, 1.165) is 17.9 Å². The number of amides is 3. The van der Waals surface area contributed by atoms with E-state index in [1.807, 2.05) is 29.6 Å². The highest BCUT2D eigenvalue weighted by Gasteiger charge is 2.29. The normalized spacial score (nSPS) is 17.4. The molecule has 0 spiro atoms. The Morgan fingerprint density at radius 1 is 1.32 bits per heavy atom. The van der Waals surface area contributed by atoms with E-state index in [4.69, 9.17) is 4.74 Å². The molecule has 158 valence electrons. The molecule has 3 amide bonds. The molecule has 0 radical (unpaired) electrons. The van der Waals surface area contributed by atoms with E-state index in [2.05, 4.69) is 10.2 Å². The van der Waals surface area contributed by atoms with E-state index in [9.17, 15) is 22.8 Å². The number of para-hydroxylation sites is 1. The highest BCUT2D eigenvalue weighted by molar-refractivity contribution is 5.94. The van der Waals surface area contributed by atoms with Gasteiger partial charge in [-0.15, -0.1) is 12.4 Å². The Kier molecular flexibility index (Phi) is 9.50. The first-order valence-electron chi connectivity index (χ1n) is 8.52. The second-order valence-corrected chi connectivity index (χ2v) is 6.09. The fourth-order valence-corrected chi connectivity index (χ4v) is 2.92. The number of nitrogens with zero attached hydrogens (tertiary/aromatic N) is 1. The van der Waals surface area contributed by atoms with Gasteiger partial charge in [-0.05, 0) is 6.07 Å². The molecule has 2 rings (SSSR count). The first kappa shape index (κ1) is 24.0. The van der Waals surface area contributed by atoms with Crippen molar-refractivity contribution in [2.75, 3.05) is 39.8 Å². The third-order valence-corrected chi connectivity index (χ3v) is 4.18. The average molecular weight is 425 g/mol. The van der Waals surface area contributed by atoms with Gasteiger partial charge in [-0.25, -0.2) is 4.79 Å². The quantitative estimate of drug-likeness (QED) is 0.649. The van der Waals surface area contributed by atoms with Gasteiger partial charge in [0, 0.05) is 38.2 Å². The Morgan fingerprint density at radius 2 is 2.04 bits per heavy atom. The van der Waals surface area contributed by atoms with Gasteiger partial charge in [0.1, 0.15) is 12.3 Å². The second kappa shape index (κ2) is 11.1. The summed E-state index contributed by atoms with van der Waals surface area (Å²) in [7, 11) is 1.59. The van der Waals surface area contributed by atoms with Gasteiger partial charge in [-0.2, -0.15) is 13.2 Å². The van der Waals surface area contributed by atoms with E-state index >= 15 is 0 Å². The number of methoxy groups -OCH3 is 1. The summed E-state index contributed by atoms with van der Waals surface area (Å²) in [6, 6.07) is 6.42. The summed E-state index contributed by atoms with van der Waals surface area (Å²) < 4.78 is 41.6. The van der Waals surface area contributed by atoms with Crippen LogP contribution in [0.1, 0.15) is 18.0 Å². The number of hydrogen-bond donors (Lipinski definition) is 3. The minimum Gasteiger partial charge on any atom is -0.496 e. The van der Waals surface area contributed by atoms with Crippen molar-refractivity contribution >= 4 is 24.3 Å². The summed E-state index contributed by atoms with van der Waals surface area (Å²) in [6.07, 6.45) is -4.53. The molecule has 11 heteroatoms. The number of alkyl halides is 3. The van der Waals surface area contributed by atoms with Crippen LogP contribution in [-0.2, 0) is 4.79 Å². The molecule has 0 bridgehead atoms. The van der Waals surface area contributed by atoms with Crippen LogP contribution in [0, 0.1) is 0 Å². The highest BCUT2D eigenvalue weighted by atomic mass is 35.5. The van der Waals surface area contributed by atoms with Crippen LogP contribution < -0.4 is 20.7 Å².